The molecule has 5 nitrogen and oxygen atoms in total. The van der Waals surface area contributed by atoms with Gasteiger partial charge in [0.1, 0.15) is 4.90 Å². The van der Waals surface area contributed by atoms with Gasteiger partial charge in [0.15, 0.2) is 0 Å². The zero-order chi connectivity index (χ0) is 13.8. The second-order valence-corrected chi connectivity index (χ2v) is 5.83. The van der Waals surface area contributed by atoms with Crippen molar-refractivity contribution < 1.29 is 13.2 Å². The standard InChI is InChI=1S/C12H20N2O3S/c1-4-17-8-10(3)14-18(15,16)12-9(2)6-5-7-11(12)13/h5-7,10,14H,4,8,13H2,1-3H3. The topological polar surface area (TPSA) is 81.4 Å². The van der Waals surface area contributed by atoms with E-state index < -0.39 is 10.0 Å². The Morgan fingerprint density at radius 1 is 1.44 bits per heavy atom. The van der Waals surface area contributed by atoms with Crippen LogP contribution in [-0.2, 0) is 14.8 Å². The minimum absolute atomic E-state index is 0.147. The molecule has 6 heteroatoms. The number of hydrogen-bond acceptors (Lipinski definition) is 4. The highest BCUT2D eigenvalue weighted by molar-refractivity contribution is 7.89. The summed E-state index contributed by atoms with van der Waals surface area (Å²) in [6.07, 6.45) is 0. The molecular weight excluding hydrogens is 252 g/mol. The molecule has 0 aliphatic rings. The van der Waals surface area contributed by atoms with Crippen LogP contribution in [-0.4, -0.2) is 27.7 Å². The predicted octanol–water partition coefficient (Wildman–Crippen LogP) is 1.28. The van der Waals surface area contributed by atoms with Gasteiger partial charge in [0.05, 0.1) is 12.3 Å². The predicted molar refractivity (Wildman–Crippen MR) is 71.9 cm³/mol. The van der Waals surface area contributed by atoms with Crippen molar-refractivity contribution in [2.75, 3.05) is 18.9 Å². The van der Waals surface area contributed by atoms with Gasteiger partial charge in [-0.15, -0.1) is 0 Å². The van der Waals surface area contributed by atoms with Gasteiger partial charge in [-0.2, -0.15) is 0 Å². The van der Waals surface area contributed by atoms with Crippen LogP contribution < -0.4 is 10.5 Å². The van der Waals surface area contributed by atoms with Gasteiger partial charge in [0.25, 0.3) is 0 Å². The maximum absolute atomic E-state index is 12.2. The van der Waals surface area contributed by atoms with Gasteiger partial charge in [0, 0.05) is 12.6 Å². The van der Waals surface area contributed by atoms with Gasteiger partial charge in [-0.3, -0.25) is 0 Å². The largest absolute Gasteiger partial charge is 0.398 e. The highest BCUT2D eigenvalue weighted by Crippen LogP contribution is 2.22. The molecule has 1 aromatic rings. The van der Waals surface area contributed by atoms with Crippen molar-refractivity contribution in [2.24, 2.45) is 0 Å². The quantitative estimate of drug-likeness (QED) is 0.764. The number of aryl methyl sites for hydroxylation is 1. The molecular formula is C12H20N2O3S. The van der Waals surface area contributed by atoms with Crippen LogP contribution in [0.25, 0.3) is 0 Å². The molecule has 0 aliphatic carbocycles. The Morgan fingerprint density at radius 2 is 2.11 bits per heavy atom. The second kappa shape index (κ2) is 6.17. The lowest BCUT2D eigenvalue weighted by atomic mass is 10.2. The number of nitrogens with two attached hydrogens (primary N) is 1. The lowest BCUT2D eigenvalue weighted by Crippen LogP contribution is -2.36. The fourth-order valence-electron chi connectivity index (χ4n) is 1.69. The average molecular weight is 272 g/mol. The zero-order valence-electron chi connectivity index (χ0n) is 10.9. The van der Waals surface area contributed by atoms with Crippen LogP contribution in [0.5, 0.6) is 0 Å². The van der Waals surface area contributed by atoms with Crippen LogP contribution in [0, 0.1) is 6.92 Å². The maximum atomic E-state index is 12.2. The van der Waals surface area contributed by atoms with Gasteiger partial charge < -0.3 is 10.5 Å². The van der Waals surface area contributed by atoms with Crippen molar-refractivity contribution in [3.8, 4) is 0 Å². The molecule has 0 amide bonds. The summed E-state index contributed by atoms with van der Waals surface area (Å²) in [5.41, 5.74) is 6.62. The summed E-state index contributed by atoms with van der Waals surface area (Å²) in [5.74, 6) is 0. The molecule has 18 heavy (non-hydrogen) atoms. The van der Waals surface area contributed by atoms with E-state index in [1.807, 2.05) is 6.92 Å². The fourth-order valence-corrected chi connectivity index (χ4v) is 3.28. The Labute approximate surface area is 108 Å². The maximum Gasteiger partial charge on any atom is 0.243 e. The Hall–Kier alpha value is -1.11. The van der Waals surface area contributed by atoms with Crippen molar-refractivity contribution in [3.63, 3.8) is 0 Å². The number of hydrogen-bond donors (Lipinski definition) is 2. The normalized spacial score (nSPS) is 13.5. The van der Waals surface area contributed by atoms with Crippen molar-refractivity contribution in [1.82, 2.24) is 4.72 Å². The molecule has 0 radical (unpaired) electrons. The van der Waals surface area contributed by atoms with Crippen LogP contribution in [0.3, 0.4) is 0 Å². The van der Waals surface area contributed by atoms with E-state index in [9.17, 15) is 8.42 Å². The number of anilines is 1. The number of ether oxygens (including phenoxy) is 1. The number of benzene rings is 1. The van der Waals surface area contributed by atoms with Crippen LogP contribution >= 0.6 is 0 Å². The fraction of sp³-hybridized carbons (Fsp3) is 0.500. The first kappa shape index (κ1) is 14.9. The molecule has 0 aromatic heterocycles. The molecule has 0 fully saturated rings. The first-order chi connectivity index (χ1) is 8.38. The van der Waals surface area contributed by atoms with Crippen molar-refractivity contribution in [3.05, 3.63) is 23.8 Å². The number of nitrogens with one attached hydrogen (secondary N) is 1. The third-order valence-corrected chi connectivity index (χ3v) is 4.25. The van der Waals surface area contributed by atoms with Crippen LogP contribution in [0.4, 0.5) is 5.69 Å². The first-order valence-corrected chi connectivity index (χ1v) is 7.32. The highest BCUT2D eigenvalue weighted by Gasteiger charge is 2.21. The summed E-state index contributed by atoms with van der Waals surface area (Å²) in [6.45, 7) is 6.22. The Morgan fingerprint density at radius 3 is 2.67 bits per heavy atom. The summed E-state index contributed by atoms with van der Waals surface area (Å²) < 4.78 is 32.1. The highest BCUT2D eigenvalue weighted by atomic mass is 32.2. The second-order valence-electron chi connectivity index (χ2n) is 4.18. The van der Waals surface area contributed by atoms with E-state index in [0.29, 0.717) is 18.8 Å². The molecule has 1 rings (SSSR count). The van der Waals surface area contributed by atoms with Crippen molar-refractivity contribution in [2.45, 2.75) is 31.7 Å². The molecule has 1 aromatic carbocycles. The van der Waals surface area contributed by atoms with E-state index >= 15 is 0 Å². The number of sulfonamides is 1. The zero-order valence-corrected chi connectivity index (χ0v) is 11.8. The van der Waals surface area contributed by atoms with E-state index in [0.717, 1.165) is 0 Å². The Bertz CT molecular complexity index is 480. The van der Waals surface area contributed by atoms with E-state index in [1.54, 1.807) is 32.0 Å². The summed E-state index contributed by atoms with van der Waals surface area (Å²) >= 11 is 0. The molecule has 1 unspecified atom stereocenters. The van der Waals surface area contributed by atoms with Crippen molar-refractivity contribution in [1.29, 1.82) is 0 Å². The van der Waals surface area contributed by atoms with Gasteiger partial charge >= 0.3 is 0 Å². The summed E-state index contributed by atoms with van der Waals surface area (Å²) in [6, 6.07) is 4.73. The van der Waals surface area contributed by atoms with Crippen LogP contribution in [0.15, 0.2) is 23.1 Å². The lowest BCUT2D eigenvalue weighted by molar-refractivity contribution is 0.133. The smallest absolute Gasteiger partial charge is 0.243 e. The van der Waals surface area contributed by atoms with Crippen LogP contribution in [0.2, 0.25) is 0 Å². The minimum Gasteiger partial charge on any atom is -0.398 e. The minimum atomic E-state index is -3.61. The Kier molecular flexibility index (Phi) is 5.13. The molecule has 0 heterocycles. The summed E-state index contributed by atoms with van der Waals surface area (Å²) in [4.78, 5) is 0.147. The Balaban J connectivity index is 2.93. The van der Waals surface area contributed by atoms with E-state index in [4.69, 9.17) is 10.5 Å². The molecule has 0 saturated carbocycles. The molecule has 0 spiro atoms. The van der Waals surface area contributed by atoms with E-state index in [2.05, 4.69) is 4.72 Å². The van der Waals surface area contributed by atoms with E-state index in [1.165, 1.54) is 0 Å². The molecule has 0 aliphatic heterocycles. The molecule has 1 atom stereocenters. The van der Waals surface area contributed by atoms with Crippen molar-refractivity contribution >= 4 is 15.7 Å². The van der Waals surface area contributed by atoms with Gasteiger partial charge in [-0.05, 0) is 32.4 Å². The number of rotatable bonds is 6. The first-order valence-electron chi connectivity index (χ1n) is 5.83. The lowest BCUT2D eigenvalue weighted by Gasteiger charge is -2.16. The summed E-state index contributed by atoms with van der Waals surface area (Å²) in [5, 5.41) is 0. The monoisotopic (exact) mass is 272 g/mol. The third kappa shape index (κ3) is 3.69. The van der Waals surface area contributed by atoms with Gasteiger partial charge in [-0.25, -0.2) is 13.1 Å². The van der Waals surface area contributed by atoms with E-state index in [-0.39, 0.29) is 16.6 Å². The molecule has 0 bridgehead atoms. The third-order valence-electron chi connectivity index (χ3n) is 2.44. The summed E-state index contributed by atoms with van der Waals surface area (Å²) in [7, 11) is -3.61. The van der Waals surface area contributed by atoms with Gasteiger partial charge in [-0.1, -0.05) is 12.1 Å². The van der Waals surface area contributed by atoms with Gasteiger partial charge in [0.2, 0.25) is 10.0 Å². The average Bonchev–Trinajstić information content (AvgIpc) is 2.25. The molecule has 3 N–H and O–H groups in total. The molecule has 0 saturated heterocycles. The SMILES string of the molecule is CCOCC(C)NS(=O)(=O)c1c(C)cccc1N. The molecule has 102 valence electrons. The van der Waals surface area contributed by atoms with Crippen LogP contribution in [0.1, 0.15) is 19.4 Å². The number of nitrogen functional groups attached to an aromatic ring is 1.